The van der Waals surface area contributed by atoms with E-state index in [0.29, 0.717) is 12.1 Å². The summed E-state index contributed by atoms with van der Waals surface area (Å²) in [6.07, 6.45) is 3.49. The summed E-state index contributed by atoms with van der Waals surface area (Å²) >= 11 is 0. The number of hydrogen-bond donors (Lipinski definition) is 1. The minimum Gasteiger partial charge on any atom is -0.368 e. The molecule has 2 unspecified atom stereocenters. The van der Waals surface area contributed by atoms with Gasteiger partial charge in [-0.2, -0.15) is 5.10 Å². The van der Waals surface area contributed by atoms with Crippen molar-refractivity contribution in [2.75, 3.05) is 5.32 Å². The van der Waals surface area contributed by atoms with Gasteiger partial charge in [-0.15, -0.1) is 0 Å². The molecule has 1 aliphatic heterocycles. The molecule has 0 aliphatic carbocycles. The normalized spacial score (nSPS) is 24.3. The van der Waals surface area contributed by atoms with E-state index >= 15 is 0 Å². The van der Waals surface area contributed by atoms with Crippen LogP contribution in [0.25, 0.3) is 0 Å². The summed E-state index contributed by atoms with van der Waals surface area (Å²) in [7, 11) is 0. The van der Waals surface area contributed by atoms with Gasteiger partial charge in [0.15, 0.2) is 0 Å². The molecule has 0 fully saturated rings. The minimum atomic E-state index is 0.527. The lowest BCUT2D eigenvalue weighted by atomic mass is 10.1. The lowest BCUT2D eigenvalue weighted by molar-refractivity contribution is 0.410. The zero-order valence-corrected chi connectivity index (χ0v) is 10.8. The second-order valence-electron chi connectivity index (χ2n) is 5.53. The summed E-state index contributed by atoms with van der Waals surface area (Å²) in [4.78, 5) is 0. The first kappa shape index (κ1) is 11.5. The van der Waals surface area contributed by atoms with Gasteiger partial charge >= 0.3 is 0 Å². The summed E-state index contributed by atoms with van der Waals surface area (Å²) in [6.45, 7) is 9.01. The summed E-state index contributed by atoms with van der Waals surface area (Å²) in [5.41, 5.74) is 1.23. The Kier molecular flexibility index (Phi) is 3.22. The molecule has 1 aromatic rings. The second-order valence-corrected chi connectivity index (χ2v) is 5.53. The van der Waals surface area contributed by atoms with Gasteiger partial charge < -0.3 is 5.32 Å². The van der Waals surface area contributed by atoms with E-state index in [1.165, 1.54) is 17.9 Å². The van der Waals surface area contributed by atoms with Crippen molar-refractivity contribution in [3.8, 4) is 0 Å². The smallest absolute Gasteiger partial charge is 0.125 e. The molecule has 2 heterocycles. The highest BCUT2D eigenvalue weighted by atomic mass is 15.4. The van der Waals surface area contributed by atoms with E-state index in [0.717, 1.165) is 18.8 Å². The zero-order chi connectivity index (χ0) is 11.7. The highest BCUT2D eigenvalue weighted by Crippen LogP contribution is 2.27. The molecule has 0 amide bonds. The molecule has 1 aromatic heterocycles. The molecule has 90 valence electrons. The average molecular weight is 221 g/mol. The molecule has 3 nitrogen and oxygen atoms in total. The fourth-order valence-corrected chi connectivity index (χ4v) is 2.37. The fourth-order valence-electron chi connectivity index (χ4n) is 2.37. The third kappa shape index (κ3) is 2.39. The van der Waals surface area contributed by atoms with Gasteiger partial charge in [0.05, 0.1) is 11.7 Å². The number of rotatable bonds is 3. The quantitative estimate of drug-likeness (QED) is 0.849. The van der Waals surface area contributed by atoms with Gasteiger partial charge in [-0.3, -0.25) is 0 Å². The Balaban J connectivity index is 2.10. The molecule has 1 N–H and O–H groups in total. The van der Waals surface area contributed by atoms with E-state index in [-0.39, 0.29) is 0 Å². The fraction of sp³-hybridized carbons (Fsp3) is 0.769. The molecule has 1 aliphatic rings. The molecule has 3 heteroatoms. The third-order valence-electron chi connectivity index (χ3n) is 3.27. The summed E-state index contributed by atoms with van der Waals surface area (Å²) in [5, 5.41) is 8.19. The van der Waals surface area contributed by atoms with Crippen molar-refractivity contribution in [1.82, 2.24) is 9.78 Å². The van der Waals surface area contributed by atoms with Gasteiger partial charge in [0.2, 0.25) is 0 Å². The van der Waals surface area contributed by atoms with Crippen molar-refractivity contribution in [3.05, 3.63) is 11.8 Å². The molecule has 0 spiro atoms. The summed E-state index contributed by atoms with van der Waals surface area (Å²) in [5.74, 6) is 1.95. The molecular formula is C13H23N3. The standard InChI is InChI=1S/C13H23N3/c1-9(2)5-6-12-8-13-14-10(3)7-11(4)16(13)15-12/h8-11,14H,5-7H2,1-4H3. The third-order valence-corrected chi connectivity index (χ3v) is 3.27. The lowest BCUT2D eigenvalue weighted by Crippen LogP contribution is -2.28. The highest BCUT2D eigenvalue weighted by Gasteiger charge is 2.21. The van der Waals surface area contributed by atoms with E-state index in [4.69, 9.17) is 5.10 Å². The molecule has 0 saturated carbocycles. The van der Waals surface area contributed by atoms with Crippen molar-refractivity contribution in [1.29, 1.82) is 0 Å². The van der Waals surface area contributed by atoms with Crippen molar-refractivity contribution in [3.63, 3.8) is 0 Å². The molecule has 16 heavy (non-hydrogen) atoms. The van der Waals surface area contributed by atoms with E-state index in [9.17, 15) is 0 Å². The van der Waals surface area contributed by atoms with Gasteiger partial charge in [0, 0.05) is 12.1 Å². The molecule has 0 radical (unpaired) electrons. The Bertz CT molecular complexity index is 354. The van der Waals surface area contributed by atoms with Crippen molar-refractivity contribution in [2.24, 2.45) is 5.92 Å². The van der Waals surface area contributed by atoms with Crippen LogP contribution in [0.1, 0.15) is 52.3 Å². The number of anilines is 1. The minimum absolute atomic E-state index is 0.527. The largest absolute Gasteiger partial charge is 0.368 e. The molecule has 0 saturated heterocycles. The molecule has 2 atom stereocenters. The topological polar surface area (TPSA) is 29.9 Å². The maximum absolute atomic E-state index is 4.69. The maximum atomic E-state index is 4.69. The predicted octanol–water partition coefficient (Wildman–Crippen LogP) is 3.24. The van der Waals surface area contributed by atoms with Gasteiger partial charge in [-0.1, -0.05) is 13.8 Å². The van der Waals surface area contributed by atoms with E-state index in [2.05, 4.69) is 43.8 Å². The number of fused-ring (bicyclic) bond motifs is 1. The van der Waals surface area contributed by atoms with Crippen molar-refractivity contribution >= 4 is 5.82 Å². The number of aromatic nitrogens is 2. The van der Waals surface area contributed by atoms with Crippen LogP contribution in [0.5, 0.6) is 0 Å². The Hall–Kier alpha value is -0.990. The van der Waals surface area contributed by atoms with Gasteiger partial charge in [0.1, 0.15) is 5.82 Å². The van der Waals surface area contributed by atoms with Crippen LogP contribution >= 0.6 is 0 Å². The first-order valence-corrected chi connectivity index (χ1v) is 6.41. The van der Waals surface area contributed by atoms with Crippen LogP contribution in [0.3, 0.4) is 0 Å². The van der Waals surface area contributed by atoms with Crippen LogP contribution in [0.4, 0.5) is 5.82 Å². The van der Waals surface area contributed by atoms with Crippen LogP contribution < -0.4 is 5.32 Å². The number of hydrogen-bond acceptors (Lipinski definition) is 2. The van der Waals surface area contributed by atoms with E-state index in [1.54, 1.807) is 0 Å². The first-order valence-electron chi connectivity index (χ1n) is 6.41. The first-order chi connectivity index (χ1) is 7.56. The van der Waals surface area contributed by atoms with Crippen molar-refractivity contribution < 1.29 is 0 Å². The Labute approximate surface area is 98.2 Å². The van der Waals surface area contributed by atoms with Gasteiger partial charge in [-0.25, -0.2) is 4.68 Å². The monoisotopic (exact) mass is 221 g/mol. The Morgan fingerprint density at radius 2 is 2.25 bits per heavy atom. The average Bonchev–Trinajstić information content (AvgIpc) is 2.57. The van der Waals surface area contributed by atoms with E-state index in [1.807, 2.05) is 0 Å². The summed E-state index contributed by atoms with van der Waals surface area (Å²) < 4.78 is 2.15. The number of nitrogens with one attached hydrogen (secondary N) is 1. The number of aryl methyl sites for hydroxylation is 1. The highest BCUT2D eigenvalue weighted by molar-refractivity contribution is 5.40. The number of nitrogens with zero attached hydrogens (tertiary/aromatic N) is 2. The predicted molar refractivity (Wildman–Crippen MR) is 67.8 cm³/mol. The van der Waals surface area contributed by atoms with Gasteiger partial charge in [0.25, 0.3) is 0 Å². The van der Waals surface area contributed by atoms with Crippen LogP contribution in [0, 0.1) is 5.92 Å². The second kappa shape index (κ2) is 4.48. The molecular weight excluding hydrogens is 198 g/mol. The molecule has 0 bridgehead atoms. The van der Waals surface area contributed by atoms with Crippen LogP contribution in [0.15, 0.2) is 6.07 Å². The molecule has 0 aromatic carbocycles. The van der Waals surface area contributed by atoms with Crippen LogP contribution in [-0.2, 0) is 6.42 Å². The van der Waals surface area contributed by atoms with E-state index < -0.39 is 0 Å². The zero-order valence-electron chi connectivity index (χ0n) is 10.8. The Morgan fingerprint density at radius 3 is 2.94 bits per heavy atom. The maximum Gasteiger partial charge on any atom is 0.125 e. The van der Waals surface area contributed by atoms with Crippen molar-refractivity contribution in [2.45, 2.75) is 59.0 Å². The lowest BCUT2D eigenvalue weighted by Gasteiger charge is -2.27. The van der Waals surface area contributed by atoms with Crippen LogP contribution in [-0.4, -0.2) is 15.8 Å². The SMILES string of the molecule is CC(C)CCc1cc2n(n1)C(C)CC(C)N2. The Morgan fingerprint density at radius 1 is 1.50 bits per heavy atom. The summed E-state index contributed by atoms with van der Waals surface area (Å²) in [6, 6.07) is 3.31. The van der Waals surface area contributed by atoms with Gasteiger partial charge in [-0.05, 0) is 39.0 Å². The molecule has 2 rings (SSSR count). The van der Waals surface area contributed by atoms with Crippen LogP contribution in [0.2, 0.25) is 0 Å².